The van der Waals surface area contributed by atoms with Gasteiger partial charge in [0.15, 0.2) is 10.8 Å². The number of imidazole rings is 1. The van der Waals surface area contributed by atoms with Crippen LogP contribution in [0.1, 0.15) is 62.4 Å². The highest BCUT2D eigenvalue weighted by Crippen LogP contribution is 2.48. The minimum atomic E-state index is -1.15. The summed E-state index contributed by atoms with van der Waals surface area (Å²) in [5.74, 6) is -0.546. The summed E-state index contributed by atoms with van der Waals surface area (Å²) in [4.78, 5) is 29.3. The number of carbonyl (C=O) groups is 2. The summed E-state index contributed by atoms with van der Waals surface area (Å²) in [6.07, 6.45) is 4.98. The number of fused-ring (bicyclic) bond motifs is 1. The number of carboxylic acid groups (broad SMARTS) is 1. The first-order valence-electron chi connectivity index (χ1n) is 12.3. The lowest BCUT2D eigenvalue weighted by Crippen LogP contribution is -2.27. The van der Waals surface area contributed by atoms with Crippen molar-refractivity contribution in [3.63, 3.8) is 0 Å². The van der Waals surface area contributed by atoms with Crippen molar-refractivity contribution >= 4 is 45.3 Å². The largest absolute Gasteiger partial charge is 0.476 e. The maximum Gasteiger partial charge on any atom is 0.412 e. The maximum atomic E-state index is 12.7. The molecule has 0 bridgehead atoms. The van der Waals surface area contributed by atoms with E-state index in [2.05, 4.69) is 33.2 Å². The number of halogens is 2. The lowest BCUT2D eigenvalue weighted by atomic mass is 10.0. The van der Waals surface area contributed by atoms with Crippen molar-refractivity contribution in [2.75, 3.05) is 5.32 Å². The number of nitrogens with zero attached hydrogens (tertiary/aromatic N) is 2. The van der Waals surface area contributed by atoms with Gasteiger partial charge in [0.1, 0.15) is 11.4 Å². The van der Waals surface area contributed by atoms with Crippen LogP contribution in [0.5, 0.6) is 0 Å². The van der Waals surface area contributed by atoms with E-state index in [0.29, 0.717) is 17.9 Å². The summed E-state index contributed by atoms with van der Waals surface area (Å²) in [5.41, 5.74) is 3.85. The molecule has 1 amide bonds. The van der Waals surface area contributed by atoms with E-state index in [0.717, 1.165) is 45.1 Å². The first-order valence-corrected chi connectivity index (χ1v) is 13.4. The Balaban J connectivity index is 1.90. The average molecular weight is 603 g/mol. The number of carbonyl (C=O) groups excluding carboxylic acids is 1. The lowest BCUT2D eigenvalue weighted by molar-refractivity contribution is 0.0633. The molecule has 0 fully saturated rings. The van der Waals surface area contributed by atoms with E-state index >= 15 is 0 Å². The summed E-state index contributed by atoms with van der Waals surface area (Å²) in [6.45, 7) is 7.65. The zero-order valence-corrected chi connectivity index (χ0v) is 23.9. The fraction of sp³-hybridized carbons (Fsp3) is 0.321. The minimum absolute atomic E-state index is 0.0397. The number of benzene rings is 1. The van der Waals surface area contributed by atoms with Crippen molar-refractivity contribution in [3.05, 3.63) is 69.6 Å². The van der Waals surface area contributed by atoms with Crippen molar-refractivity contribution in [2.45, 2.75) is 59.1 Å². The van der Waals surface area contributed by atoms with Crippen LogP contribution in [0.3, 0.4) is 0 Å². The second kappa shape index (κ2) is 11.2. The summed E-state index contributed by atoms with van der Waals surface area (Å²) in [7, 11) is 0. The molecule has 10 heteroatoms. The number of nitrogens with one attached hydrogen (secondary N) is 1. The van der Waals surface area contributed by atoms with Crippen molar-refractivity contribution in [1.29, 1.82) is 0 Å². The van der Waals surface area contributed by atoms with Gasteiger partial charge in [-0.05, 0) is 66.4 Å². The molecule has 2 N–H and O–H groups in total. The predicted octanol–water partition coefficient (Wildman–Crippen LogP) is 8.10. The van der Waals surface area contributed by atoms with Crippen molar-refractivity contribution in [3.8, 4) is 22.3 Å². The van der Waals surface area contributed by atoms with Crippen LogP contribution in [-0.2, 0) is 17.7 Å². The second-order valence-corrected chi connectivity index (χ2v) is 11.0. The van der Waals surface area contributed by atoms with Crippen LogP contribution < -0.4 is 5.32 Å². The van der Waals surface area contributed by atoms with Gasteiger partial charge in [0, 0.05) is 27.6 Å². The van der Waals surface area contributed by atoms with Crippen LogP contribution in [0.4, 0.5) is 10.5 Å². The number of aromatic nitrogens is 2. The number of ether oxygens (including phenoxy) is 1. The number of carboxylic acids is 1. The van der Waals surface area contributed by atoms with Gasteiger partial charge in [-0.25, -0.2) is 14.6 Å². The number of aryl methyl sites for hydroxylation is 1. The van der Waals surface area contributed by atoms with Gasteiger partial charge in [0.25, 0.3) is 0 Å². The van der Waals surface area contributed by atoms with Crippen LogP contribution in [0, 0.1) is 0 Å². The molecule has 0 radical (unpaired) electrons. The number of amides is 1. The fourth-order valence-corrected chi connectivity index (χ4v) is 5.44. The Bertz CT molecular complexity index is 1450. The number of anilines is 1. The van der Waals surface area contributed by atoms with Gasteiger partial charge < -0.3 is 18.8 Å². The van der Waals surface area contributed by atoms with Gasteiger partial charge in [-0.1, -0.05) is 43.1 Å². The monoisotopic (exact) mass is 601 g/mol. The molecule has 0 saturated heterocycles. The van der Waals surface area contributed by atoms with E-state index in [9.17, 15) is 14.7 Å². The molecule has 2 aromatic rings. The Kier molecular flexibility index (Phi) is 8.18. The molecule has 1 aromatic carbocycles. The Morgan fingerprint density at radius 3 is 2.61 bits per heavy atom. The van der Waals surface area contributed by atoms with E-state index in [1.54, 1.807) is 43.9 Å². The Hall–Kier alpha value is -3.30. The highest BCUT2D eigenvalue weighted by atomic mass is 79.9. The molecular formula is C28H29BrClN3O5. The number of aromatic carboxylic acids is 1. The molecule has 1 aromatic heterocycles. The fourth-order valence-electron chi connectivity index (χ4n) is 4.40. The Morgan fingerprint density at radius 2 is 1.92 bits per heavy atom. The molecule has 38 heavy (non-hydrogen) atoms. The molecule has 4 rings (SSSR count). The molecule has 2 heterocycles. The topological polar surface area (TPSA) is 107 Å². The summed E-state index contributed by atoms with van der Waals surface area (Å²) < 4.78 is 13.4. The van der Waals surface area contributed by atoms with Gasteiger partial charge in [0.2, 0.25) is 0 Å². The van der Waals surface area contributed by atoms with Crippen LogP contribution >= 0.6 is 27.5 Å². The normalized spacial score (nSPS) is 11.6. The molecule has 0 spiro atoms. The van der Waals surface area contributed by atoms with Gasteiger partial charge in [-0.2, -0.15) is 0 Å². The molecule has 8 nitrogen and oxygen atoms in total. The van der Waals surface area contributed by atoms with Crippen molar-refractivity contribution in [2.24, 2.45) is 0 Å². The Labute approximate surface area is 234 Å². The summed E-state index contributed by atoms with van der Waals surface area (Å²) in [6, 6.07) is 9.22. The van der Waals surface area contributed by atoms with Crippen LogP contribution in [0.2, 0.25) is 5.15 Å². The molecule has 0 unspecified atom stereocenters. The van der Waals surface area contributed by atoms with E-state index in [4.69, 9.17) is 20.8 Å². The second-order valence-electron chi connectivity index (χ2n) is 9.89. The van der Waals surface area contributed by atoms with Crippen molar-refractivity contribution in [1.82, 2.24) is 9.55 Å². The third-order valence-electron chi connectivity index (χ3n) is 5.98. The van der Waals surface area contributed by atoms with Gasteiger partial charge in [0.05, 0.1) is 24.8 Å². The highest BCUT2D eigenvalue weighted by Gasteiger charge is 2.29. The summed E-state index contributed by atoms with van der Waals surface area (Å²) in [5, 5.41) is 12.8. The first-order chi connectivity index (χ1) is 18.0. The van der Waals surface area contributed by atoms with E-state index in [-0.39, 0.29) is 17.4 Å². The standard InChI is InChI=1S/C28H29BrClN3O5/c1-5-6-11-21-32-25(30)24(26(34)35)33(21)14-18-16-12-13-37-15-19(16)23(29)22(18)17-9-7-8-10-20(17)31-27(36)38-28(2,3)4/h7-10,12-13,15H,5-6,11,14H2,1-4H3,(H,31,36)(H,34,35). The number of hydrogen-bond donors (Lipinski definition) is 2. The SMILES string of the molecule is CCCCc1nc(Cl)c(C(=O)O)n1Cc1c2ccocc-2c(Br)c1-c1ccccc1NC(=O)OC(C)(C)C. The van der Waals surface area contributed by atoms with Crippen molar-refractivity contribution < 1.29 is 23.8 Å². The summed E-state index contributed by atoms with van der Waals surface area (Å²) >= 11 is 10.1. The van der Waals surface area contributed by atoms with Gasteiger partial charge in [-0.3, -0.25) is 5.32 Å². The number of unbranched alkanes of at least 4 members (excludes halogenated alkanes) is 1. The minimum Gasteiger partial charge on any atom is -0.476 e. The third kappa shape index (κ3) is 5.73. The third-order valence-corrected chi connectivity index (χ3v) is 7.07. The number of rotatable bonds is 8. The van der Waals surface area contributed by atoms with Gasteiger partial charge >= 0.3 is 12.1 Å². The number of hydrogen-bond acceptors (Lipinski definition) is 5. The molecule has 1 aliphatic heterocycles. The predicted molar refractivity (Wildman–Crippen MR) is 150 cm³/mol. The molecule has 2 aliphatic rings. The van der Waals surface area contributed by atoms with Crippen LogP contribution in [-0.4, -0.2) is 32.3 Å². The van der Waals surface area contributed by atoms with E-state index < -0.39 is 17.7 Å². The molecule has 0 atom stereocenters. The zero-order valence-electron chi connectivity index (χ0n) is 21.6. The van der Waals surface area contributed by atoms with E-state index in [1.165, 1.54) is 0 Å². The highest BCUT2D eigenvalue weighted by molar-refractivity contribution is 9.10. The molecule has 0 saturated carbocycles. The molecule has 1 aliphatic carbocycles. The smallest absolute Gasteiger partial charge is 0.412 e. The number of para-hydroxylation sites is 1. The average Bonchev–Trinajstić information content (AvgIpc) is 3.30. The molecule has 200 valence electrons. The lowest BCUT2D eigenvalue weighted by Gasteiger charge is -2.21. The first kappa shape index (κ1) is 27.7. The van der Waals surface area contributed by atoms with Crippen LogP contribution in [0.25, 0.3) is 22.3 Å². The maximum absolute atomic E-state index is 12.7. The quantitative estimate of drug-likeness (QED) is 0.211. The van der Waals surface area contributed by atoms with Crippen LogP contribution in [0.15, 0.2) is 51.7 Å². The van der Waals surface area contributed by atoms with Gasteiger partial charge in [-0.15, -0.1) is 0 Å². The Morgan fingerprint density at radius 1 is 1.18 bits per heavy atom. The van der Waals surface area contributed by atoms with E-state index in [1.807, 2.05) is 24.3 Å². The molecular weight excluding hydrogens is 574 g/mol. The zero-order chi connectivity index (χ0) is 27.6.